The van der Waals surface area contributed by atoms with Crippen LogP contribution in [0.1, 0.15) is 6.42 Å². The lowest BCUT2D eigenvalue weighted by Crippen LogP contribution is -2.44. The second kappa shape index (κ2) is 6.34. The summed E-state index contributed by atoms with van der Waals surface area (Å²) in [6.45, 7) is 5.56. The van der Waals surface area contributed by atoms with Gasteiger partial charge in [-0.1, -0.05) is 0 Å². The second-order valence-corrected chi connectivity index (χ2v) is 4.26. The molecule has 0 N–H and O–H groups in total. The fourth-order valence-corrected chi connectivity index (χ4v) is 1.78. The first-order chi connectivity index (χ1) is 6.68. The summed E-state index contributed by atoms with van der Waals surface area (Å²) < 4.78 is 24.6. The van der Waals surface area contributed by atoms with Crippen molar-refractivity contribution in [3.8, 4) is 0 Å². The standard InChI is InChI=1S/C8H18N2O3S/c1-9-4-6-10(7-5-9)3-2-8-13-14(11)12/h14H,2-8H2,1H3. The van der Waals surface area contributed by atoms with E-state index >= 15 is 0 Å². The fraction of sp³-hybridized carbons (Fsp3) is 1.00. The Morgan fingerprint density at radius 2 is 1.86 bits per heavy atom. The summed E-state index contributed by atoms with van der Waals surface area (Å²) in [6, 6.07) is 0. The monoisotopic (exact) mass is 222 g/mol. The van der Waals surface area contributed by atoms with Crippen molar-refractivity contribution in [2.75, 3.05) is 46.4 Å². The first-order valence-electron chi connectivity index (χ1n) is 4.86. The van der Waals surface area contributed by atoms with Gasteiger partial charge in [0.15, 0.2) is 0 Å². The minimum absolute atomic E-state index is 0.311. The van der Waals surface area contributed by atoms with Gasteiger partial charge in [0.1, 0.15) is 0 Å². The highest BCUT2D eigenvalue weighted by Crippen LogP contribution is 1.99. The van der Waals surface area contributed by atoms with Gasteiger partial charge in [-0.15, -0.1) is 0 Å². The molecule has 1 aliphatic heterocycles. The number of nitrogens with zero attached hydrogens (tertiary/aromatic N) is 2. The van der Waals surface area contributed by atoms with Crippen LogP contribution in [0.25, 0.3) is 0 Å². The molecule has 1 saturated heterocycles. The average Bonchev–Trinajstić information content (AvgIpc) is 2.15. The highest BCUT2D eigenvalue weighted by molar-refractivity contribution is 7.67. The van der Waals surface area contributed by atoms with Crippen LogP contribution in [-0.2, 0) is 15.2 Å². The van der Waals surface area contributed by atoms with Crippen molar-refractivity contribution in [3.63, 3.8) is 0 Å². The van der Waals surface area contributed by atoms with Crippen molar-refractivity contribution in [1.82, 2.24) is 9.80 Å². The number of hydrogen-bond donors (Lipinski definition) is 1. The van der Waals surface area contributed by atoms with Gasteiger partial charge in [-0.25, -0.2) is 8.42 Å². The molecule has 0 spiro atoms. The van der Waals surface area contributed by atoms with Crippen LogP contribution < -0.4 is 0 Å². The minimum atomic E-state index is -2.66. The van der Waals surface area contributed by atoms with E-state index in [9.17, 15) is 8.42 Å². The molecule has 1 aliphatic rings. The molecule has 5 nitrogen and oxygen atoms in total. The summed E-state index contributed by atoms with van der Waals surface area (Å²) in [4.78, 5) is 4.63. The Labute approximate surface area is 86.8 Å². The average molecular weight is 222 g/mol. The smallest absolute Gasteiger partial charge is 0.257 e. The molecule has 0 aromatic rings. The van der Waals surface area contributed by atoms with E-state index in [1.807, 2.05) is 0 Å². The third kappa shape index (κ3) is 4.90. The first-order valence-corrected chi connectivity index (χ1v) is 5.96. The first kappa shape index (κ1) is 11.9. The summed E-state index contributed by atoms with van der Waals surface area (Å²) in [6.07, 6.45) is 0.785. The zero-order chi connectivity index (χ0) is 10.4. The Bertz CT molecular complexity index is 217. The van der Waals surface area contributed by atoms with Crippen molar-refractivity contribution >= 4 is 11.0 Å². The van der Waals surface area contributed by atoms with Crippen LogP contribution in [0.4, 0.5) is 0 Å². The van der Waals surface area contributed by atoms with Crippen LogP contribution in [0.2, 0.25) is 0 Å². The fourth-order valence-electron chi connectivity index (χ4n) is 1.50. The Balaban J connectivity index is 2.02. The molecule has 84 valence electrons. The van der Waals surface area contributed by atoms with Gasteiger partial charge in [-0.05, 0) is 13.5 Å². The molecule has 0 unspecified atom stereocenters. The number of rotatable bonds is 5. The Morgan fingerprint density at radius 1 is 1.21 bits per heavy atom. The van der Waals surface area contributed by atoms with Crippen molar-refractivity contribution in [1.29, 1.82) is 0 Å². The summed E-state index contributed by atoms with van der Waals surface area (Å²) in [5.41, 5.74) is 0. The molecule has 0 aromatic carbocycles. The van der Waals surface area contributed by atoms with Gasteiger partial charge in [0, 0.05) is 32.7 Å². The van der Waals surface area contributed by atoms with Gasteiger partial charge in [-0.3, -0.25) is 4.18 Å². The number of thiol groups is 1. The third-order valence-electron chi connectivity index (χ3n) is 2.41. The van der Waals surface area contributed by atoms with Crippen molar-refractivity contribution in [2.45, 2.75) is 6.42 Å². The molecule has 1 fully saturated rings. The number of piperazine rings is 1. The predicted molar refractivity (Wildman–Crippen MR) is 54.8 cm³/mol. The van der Waals surface area contributed by atoms with Crippen molar-refractivity contribution in [3.05, 3.63) is 0 Å². The normalized spacial score (nSPS) is 20.4. The van der Waals surface area contributed by atoms with Crippen molar-refractivity contribution < 1.29 is 12.6 Å². The zero-order valence-electron chi connectivity index (χ0n) is 8.52. The third-order valence-corrected chi connectivity index (χ3v) is 2.80. The zero-order valence-corrected chi connectivity index (χ0v) is 9.41. The van der Waals surface area contributed by atoms with Gasteiger partial charge in [0.05, 0.1) is 6.61 Å². The second-order valence-electron chi connectivity index (χ2n) is 3.56. The number of hydrogen-bond acceptors (Lipinski definition) is 5. The molecule has 1 heterocycles. The largest absolute Gasteiger partial charge is 0.304 e. The van der Waals surface area contributed by atoms with Gasteiger partial charge in [0.2, 0.25) is 0 Å². The summed E-state index contributed by atoms with van der Waals surface area (Å²) >= 11 is 0. The summed E-state index contributed by atoms with van der Waals surface area (Å²) in [5, 5.41) is 0. The lowest BCUT2D eigenvalue weighted by molar-refractivity contribution is 0.146. The summed E-state index contributed by atoms with van der Waals surface area (Å²) in [7, 11) is -0.550. The molecular weight excluding hydrogens is 204 g/mol. The van der Waals surface area contributed by atoms with Gasteiger partial charge in [0.25, 0.3) is 11.0 Å². The lowest BCUT2D eigenvalue weighted by Gasteiger charge is -2.32. The lowest BCUT2D eigenvalue weighted by atomic mass is 10.3. The summed E-state index contributed by atoms with van der Waals surface area (Å²) in [5.74, 6) is 0. The van der Waals surface area contributed by atoms with Crippen LogP contribution in [0.3, 0.4) is 0 Å². The van der Waals surface area contributed by atoms with Gasteiger partial charge < -0.3 is 9.80 Å². The minimum Gasteiger partial charge on any atom is -0.304 e. The van der Waals surface area contributed by atoms with Gasteiger partial charge >= 0.3 is 0 Å². The van der Waals surface area contributed by atoms with Crippen LogP contribution in [0, 0.1) is 0 Å². The van der Waals surface area contributed by atoms with Crippen LogP contribution in [0.5, 0.6) is 0 Å². The van der Waals surface area contributed by atoms with Gasteiger partial charge in [-0.2, -0.15) is 0 Å². The van der Waals surface area contributed by atoms with E-state index in [0.29, 0.717) is 6.61 Å². The number of likely N-dealkylation sites (N-methyl/N-ethyl adjacent to an activating group) is 1. The molecule has 0 saturated carbocycles. The Morgan fingerprint density at radius 3 is 2.43 bits per heavy atom. The Hall–Kier alpha value is -0.170. The molecule has 0 bridgehead atoms. The SMILES string of the molecule is CN1CCN(CCCO[SH](=O)=O)CC1. The van der Waals surface area contributed by atoms with E-state index in [1.165, 1.54) is 0 Å². The van der Waals surface area contributed by atoms with E-state index < -0.39 is 11.0 Å². The van der Waals surface area contributed by atoms with E-state index in [0.717, 1.165) is 39.1 Å². The predicted octanol–water partition coefficient (Wildman–Crippen LogP) is -0.833. The van der Waals surface area contributed by atoms with E-state index in [1.54, 1.807) is 0 Å². The maximum Gasteiger partial charge on any atom is 0.257 e. The Kier molecular flexibility index (Phi) is 5.39. The van der Waals surface area contributed by atoms with E-state index in [4.69, 9.17) is 0 Å². The van der Waals surface area contributed by atoms with Crippen LogP contribution >= 0.6 is 0 Å². The quantitative estimate of drug-likeness (QED) is 0.486. The highest BCUT2D eigenvalue weighted by Gasteiger charge is 2.12. The molecule has 0 radical (unpaired) electrons. The molecule has 0 aromatic heterocycles. The molecule has 14 heavy (non-hydrogen) atoms. The molecule has 0 atom stereocenters. The maximum absolute atomic E-state index is 10.1. The van der Waals surface area contributed by atoms with E-state index in [2.05, 4.69) is 21.0 Å². The molecule has 6 heteroatoms. The topological polar surface area (TPSA) is 49.9 Å². The molecule has 1 rings (SSSR count). The highest BCUT2D eigenvalue weighted by atomic mass is 32.2. The molecule has 0 aliphatic carbocycles. The molecule has 0 amide bonds. The van der Waals surface area contributed by atoms with Crippen LogP contribution in [0.15, 0.2) is 0 Å². The maximum atomic E-state index is 10.1. The van der Waals surface area contributed by atoms with E-state index in [-0.39, 0.29) is 0 Å². The van der Waals surface area contributed by atoms with Crippen LogP contribution in [-0.4, -0.2) is 64.6 Å². The molecular formula is C8H18N2O3S. The van der Waals surface area contributed by atoms with Crippen molar-refractivity contribution in [2.24, 2.45) is 0 Å².